The summed E-state index contributed by atoms with van der Waals surface area (Å²) in [7, 11) is -4.20. The van der Waals surface area contributed by atoms with Gasteiger partial charge in [0.15, 0.2) is 12.8 Å². The highest BCUT2D eigenvalue weighted by Gasteiger charge is 2.41. The van der Waals surface area contributed by atoms with Crippen LogP contribution < -0.4 is 0 Å². The summed E-state index contributed by atoms with van der Waals surface area (Å²) in [6, 6.07) is 29.5. The third-order valence-electron chi connectivity index (χ3n) is 5.97. The van der Waals surface area contributed by atoms with Gasteiger partial charge < -0.3 is 4.55 Å². The average molecular weight is 434 g/mol. The summed E-state index contributed by atoms with van der Waals surface area (Å²) < 4.78 is 35.5. The van der Waals surface area contributed by atoms with Crippen molar-refractivity contribution in [2.24, 2.45) is 0 Å². The lowest BCUT2D eigenvalue weighted by molar-refractivity contribution is -0.534. The Morgan fingerprint density at radius 3 is 1.94 bits per heavy atom. The molecule has 0 N–H and O–H groups in total. The van der Waals surface area contributed by atoms with Gasteiger partial charge in [-0.2, -0.15) is 0 Å². The Morgan fingerprint density at radius 1 is 0.806 bits per heavy atom. The van der Waals surface area contributed by atoms with Crippen molar-refractivity contribution in [3.05, 3.63) is 107 Å². The Balaban J connectivity index is 1.73. The summed E-state index contributed by atoms with van der Waals surface area (Å²) in [6.07, 6.45) is 4.20. The topological polar surface area (TPSA) is 60.2 Å². The minimum absolute atomic E-state index is 0.162. The van der Waals surface area contributed by atoms with Crippen molar-refractivity contribution < 1.29 is 17.5 Å². The number of rotatable bonds is 8. The molecule has 31 heavy (non-hydrogen) atoms. The molecule has 0 saturated carbocycles. The largest absolute Gasteiger partial charge is 0.748 e. The van der Waals surface area contributed by atoms with E-state index >= 15 is 0 Å². The highest BCUT2D eigenvalue weighted by Crippen LogP contribution is 2.37. The SMILES string of the molecule is O=S(=O)([O-])CCC[N+]1=Cc2ccccc2C(Cc2ccccc2)(Cc2ccccc2)C1. The quantitative estimate of drug-likeness (QED) is 0.401. The Kier molecular flexibility index (Phi) is 6.35. The summed E-state index contributed by atoms with van der Waals surface area (Å²) in [6.45, 7) is 1.31. The van der Waals surface area contributed by atoms with Gasteiger partial charge in [-0.25, -0.2) is 13.0 Å². The fourth-order valence-electron chi connectivity index (χ4n) is 4.73. The maximum Gasteiger partial charge on any atom is 0.171 e. The molecule has 5 heteroatoms. The van der Waals surface area contributed by atoms with Gasteiger partial charge in [0, 0.05) is 17.7 Å². The molecule has 1 aliphatic rings. The normalized spacial score (nSPS) is 15.2. The van der Waals surface area contributed by atoms with Crippen LogP contribution in [0.2, 0.25) is 0 Å². The number of fused-ring (bicyclic) bond motifs is 1. The Hall–Kier alpha value is -2.76. The van der Waals surface area contributed by atoms with Gasteiger partial charge in [0.25, 0.3) is 0 Å². The molecule has 3 aromatic carbocycles. The predicted octanol–water partition coefficient (Wildman–Crippen LogP) is 3.79. The van der Waals surface area contributed by atoms with Crippen molar-refractivity contribution in [1.29, 1.82) is 0 Å². The molecule has 0 amide bonds. The summed E-state index contributed by atoms with van der Waals surface area (Å²) in [4.78, 5) is 0. The van der Waals surface area contributed by atoms with E-state index < -0.39 is 10.1 Å². The molecule has 1 aliphatic heterocycles. The Labute approximate surface area is 184 Å². The summed E-state index contributed by atoms with van der Waals surface area (Å²) in [5.74, 6) is -0.330. The maximum absolute atomic E-state index is 11.1. The van der Waals surface area contributed by atoms with E-state index in [4.69, 9.17) is 0 Å². The van der Waals surface area contributed by atoms with E-state index in [0.717, 1.165) is 24.9 Å². The van der Waals surface area contributed by atoms with Crippen LogP contribution in [-0.2, 0) is 28.4 Å². The first-order valence-electron chi connectivity index (χ1n) is 10.6. The maximum atomic E-state index is 11.1. The third kappa shape index (κ3) is 5.49. The molecular formula is C26H27NO3S. The fraction of sp³-hybridized carbons (Fsp3) is 0.269. The number of nitrogens with zero attached hydrogens (tertiary/aromatic N) is 1. The first-order chi connectivity index (χ1) is 14.9. The Bertz CT molecular complexity index is 1110. The lowest BCUT2D eigenvalue weighted by atomic mass is 9.68. The van der Waals surface area contributed by atoms with Gasteiger partial charge >= 0.3 is 0 Å². The highest BCUT2D eigenvalue weighted by molar-refractivity contribution is 7.85. The predicted molar refractivity (Wildman–Crippen MR) is 123 cm³/mol. The van der Waals surface area contributed by atoms with Crippen LogP contribution in [0.1, 0.15) is 28.7 Å². The zero-order chi connectivity index (χ0) is 21.7. The molecule has 0 radical (unpaired) electrons. The van der Waals surface area contributed by atoms with Crippen molar-refractivity contribution in [3.63, 3.8) is 0 Å². The summed E-state index contributed by atoms with van der Waals surface area (Å²) in [5.41, 5.74) is 4.86. The van der Waals surface area contributed by atoms with Crippen LogP contribution in [0.3, 0.4) is 0 Å². The van der Waals surface area contributed by atoms with Crippen molar-refractivity contribution in [3.8, 4) is 0 Å². The minimum atomic E-state index is -4.20. The molecule has 0 atom stereocenters. The van der Waals surface area contributed by atoms with E-state index in [9.17, 15) is 13.0 Å². The molecule has 160 valence electrons. The molecule has 0 spiro atoms. The van der Waals surface area contributed by atoms with Crippen molar-refractivity contribution >= 4 is 16.3 Å². The lowest BCUT2D eigenvalue weighted by Gasteiger charge is -2.36. The molecule has 4 nitrogen and oxygen atoms in total. The first-order valence-corrected chi connectivity index (χ1v) is 12.2. The number of hydrogen-bond donors (Lipinski definition) is 0. The number of hydrogen-bond acceptors (Lipinski definition) is 3. The van der Waals surface area contributed by atoms with Crippen molar-refractivity contribution in [2.45, 2.75) is 24.7 Å². The molecule has 3 aromatic rings. The van der Waals surface area contributed by atoms with Crippen LogP contribution in [-0.4, -0.2) is 42.6 Å². The second kappa shape index (κ2) is 9.16. The van der Waals surface area contributed by atoms with Gasteiger partial charge in [0.1, 0.15) is 6.54 Å². The molecule has 0 fully saturated rings. The van der Waals surface area contributed by atoms with Crippen LogP contribution in [0.4, 0.5) is 0 Å². The van der Waals surface area contributed by atoms with Crippen LogP contribution in [0.5, 0.6) is 0 Å². The second-order valence-electron chi connectivity index (χ2n) is 8.41. The molecule has 0 aliphatic carbocycles. The summed E-state index contributed by atoms with van der Waals surface area (Å²) in [5, 5.41) is 0. The molecule has 1 heterocycles. The molecule has 0 bridgehead atoms. The van der Waals surface area contributed by atoms with E-state index in [0.29, 0.717) is 13.0 Å². The molecular weight excluding hydrogens is 406 g/mol. The van der Waals surface area contributed by atoms with Crippen molar-refractivity contribution in [1.82, 2.24) is 0 Å². The third-order valence-corrected chi connectivity index (χ3v) is 6.76. The molecule has 0 aromatic heterocycles. The van der Waals surface area contributed by atoms with E-state index in [-0.39, 0.29) is 11.2 Å². The van der Waals surface area contributed by atoms with Crippen LogP contribution in [0, 0.1) is 0 Å². The first kappa shape index (κ1) is 21.5. The molecule has 4 rings (SSSR count). The van der Waals surface area contributed by atoms with Gasteiger partial charge in [-0.3, -0.25) is 0 Å². The monoisotopic (exact) mass is 433 g/mol. The van der Waals surface area contributed by atoms with E-state index in [1.165, 1.54) is 16.7 Å². The van der Waals surface area contributed by atoms with Gasteiger partial charge in [0.2, 0.25) is 0 Å². The van der Waals surface area contributed by atoms with Gasteiger partial charge in [-0.05, 0) is 35.6 Å². The smallest absolute Gasteiger partial charge is 0.171 e. The van der Waals surface area contributed by atoms with Crippen LogP contribution >= 0.6 is 0 Å². The zero-order valence-corrected chi connectivity index (χ0v) is 18.3. The molecule has 0 unspecified atom stereocenters. The number of benzene rings is 3. The van der Waals surface area contributed by atoms with Crippen LogP contribution in [0.25, 0.3) is 0 Å². The average Bonchev–Trinajstić information content (AvgIpc) is 2.74. The minimum Gasteiger partial charge on any atom is -0.748 e. The van der Waals surface area contributed by atoms with Crippen LogP contribution in [0.15, 0.2) is 84.9 Å². The van der Waals surface area contributed by atoms with Gasteiger partial charge in [-0.1, -0.05) is 78.9 Å². The van der Waals surface area contributed by atoms with Gasteiger partial charge in [0.05, 0.1) is 15.5 Å². The molecule has 0 saturated heterocycles. The standard InChI is InChI=1S/C26H27NO3S/c28-31(29,30)17-9-16-27-20-24-14-7-8-15-25(24)26(21-27,18-22-10-3-1-4-11-22)19-23-12-5-2-6-13-23/h1-8,10-15,20H,9,16-19,21H2. The zero-order valence-electron chi connectivity index (χ0n) is 17.5. The van der Waals surface area contributed by atoms with E-state index in [1.54, 1.807) is 0 Å². The van der Waals surface area contributed by atoms with E-state index in [1.807, 2.05) is 18.2 Å². The highest BCUT2D eigenvalue weighted by atomic mass is 32.2. The second-order valence-corrected chi connectivity index (χ2v) is 9.93. The Morgan fingerprint density at radius 2 is 1.35 bits per heavy atom. The van der Waals surface area contributed by atoms with E-state index in [2.05, 4.69) is 77.5 Å². The van der Waals surface area contributed by atoms with Crippen molar-refractivity contribution in [2.75, 3.05) is 18.8 Å². The lowest BCUT2D eigenvalue weighted by Crippen LogP contribution is -2.45. The van der Waals surface area contributed by atoms with Gasteiger partial charge in [-0.15, -0.1) is 0 Å². The fourth-order valence-corrected chi connectivity index (χ4v) is 5.22. The summed E-state index contributed by atoms with van der Waals surface area (Å²) >= 11 is 0.